The molecule has 0 bridgehead atoms. The van der Waals surface area contributed by atoms with Crippen molar-refractivity contribution in [1.29, 1.82) is 0 Å². The maximum absolute atomic E-state index is 14.4. The first kappa shape index (κ1) is 19.0. The summed E-state index contributed by atoms with van der Waals surface area (Å²) in [5.41, 5.74) is 4.34. The molecule has 0 aliphatic heterocycles. The highest BCUT2D eigenvalue weighted by molar-refractivity contribution is 6.31. The van der Waals surface area contributed by atoms with Crippen molar-refractivity contribution in [2.75, 3.05) is 0 Å². The normalized spacial score (nSPS) is 13.9. The van der Waals surface area contributed by atoms with E-state index < -0.39 is 5.82 Å². The molecule has 0 radical (unpaired) electrons. The number of nitrogens with zero attached hydrogens (tertiary/aromatic N) is 4. The minimum absolute atomic E-state index is 0.0297. The molecule has 2 aromatic heterocycles. The second kappa shape index (κ2) is 7.06. The van der Waals surface area contributed by atoms with Gasteiger partial charge in [0, 0.05) is 21.9 Å². The summed E-state index contributed by atoms with van der Waals surface area (Å²) in [5.74, 6) is -0.153. The summed E-state index contributed by atoms with van der Waals surface area (Å²) in [6.07, 6.45) is 3.76. The molecule has 0 N–H and O–H groups in total. The van der Waals surface area contributed by atoms with Crippen molar-refractivity contribution in [2.45, 2.75) is 39.2 Å². The van der Waals surface area contributed by atoms with Crippen LogP contribution in [0, 0.1) is 19.7 Å². The first-order valence-electron chi connectivity index (χ1n) is 9.93. The Kier molecular flexibility index (Phi) is 4.47. The molecule has 5 rings (SSSR count). The summed E-state index contributed by atoms with van der Waals surface area (Å²) in [6.45, 7) is 4.04. The van der Waals surface area contributed by atoms with Gasteiger partial charge in [-0.2, -0.15) is 10.2 Å². The summed E-state index contributed by atoms with van der Waals surface area (Å²) in [6, 6.07) is 10.5. The zero-order valence-electron chi connectivity index (χ0n) is 16.7. The summed E-state index contributed by atoms with van der Waals surface area (Å²) < 4.78 is 17.4. The van der Waals surface area contributed by atoms with E-state index in [1.807, 2.05) is 32.0 Å². The zero-order chi connectivity index (χ0) is 21.0. The average Bonchev–Trinajstić information content (AvgIpc) is 3.46. The molecule has 0 saturated heterocycles. The Labute approximate surface area is 177 Å². The molecule has 1 fully saturated rings. The number of aryl methyl sites for hydroxylation is 2. The van der Waals surface area contributed by atoms with Gasteiger partial charge in [-0.25, -0.2) is 13.8 Å². The third-order valence-electron chi connectivity index (χ3n) is 5.78. The fourth-order valence-electron chi connectivity index (χ4n) is 3.75. The van der Waals surface area contributed by atoms with Crippen LogP contribution in [-0.2, 0) is 6.54 Å². The number of rotatable bonds is 4. The van der Waals surface area contributed by atoms with E-state index in [-0.39, 0.29) is 22.7 Å². The molecule has 30 heavy (non-hydrogen) atoms. The van der Waals surface area contributed by atoms with Gasteiger partial charge in [0.2, 0.25) is 0 Å². The van der Waals surface area contributed by atoms with Crippen LogP contribution in [0.25, 0.3) is 16.6 Å². The number of halogens is 2. The van der Waals surface area contributed by atoms with Crippen LogP contribution in [0.1, 0.15) is 41.1 Å². The molecule has 0 amide bonds. The predicted molar refractivity (Wildman–Crippen MR) is 115 cm³/mol. The lowest BCUT2D eigenvalue weighted by Crippen LogP contribution is -2.27. The van der Waals surface area contributed by atoms with Crippen molar-refractivity contribution in [3.63, 3.8) is 0 Å². The highest BCUT2D eigenvalue weighted by atomic mass is 35.5. The topological polar surface area (TPSA) is 52.7 Å². The van der Waals surface area contributed by atoms with Gasteiger partial charge in [-0.05, 0) is 62.1 Å². The second-order valence-corrected chi connectivity index (χ2v) is 8.32. The van der Waals surface area contributed by atoms with E-state index >= 15 is 0 Å². The van der Waals surface area contributed by atoms with Crippen molar-refractivity contribution in [3.8, 4) is 5.69 Å². The van der Waals surface area contributed by atoms with Crippen LogP contribution in [0.3, 0.4) is 0 Å². The molecule has 7 heteroatoms. The standard InChI is InChI=1S/C23H20ClFN4O/c1-13-6-9-16(10-14(13)2)29-22-17(11-26-29)21(15-7-8-15)27-28(23(22)30)12-18-19(24)4-3-5-20(18)25/h3-6,9-11,15H,7-8,12H2,1-2H3. The average molecular weight is 423 g/mol. The van der Waals surface area contributed by atoms with Gasteiger partial charge in [0.15, 0.2) is 0 Å². The van der Waals surface area contributed by atoms with Crippen LogP contribution in [-0.4, -0.2) is 19.6 Å². The Bertz CT molecular complexity index is 1330. The summed E-state index contributed by atoms with van der Waals surface area (Å²) in [7, 11) is 0. The van der Waals surface area contributed by atoms with Crippen LogP contribution in [0.2, 0.25) is 5.02 Å². The first-order valence-corrected chi connectivity index (χ1v) is 10.3. The van der Waals surface area contributed by atoms with E-state index in [0.717, 1.165) is 35.2 Å². The molecule has 0 unspecified atom stereocenters. The number of fused-ring (bicyclic) bond motifs is 1. The van der Waals surface area contributed by atoms with E-state index in [0.29, 0.717) is 11.4 Å². The maximum Gasteiger partial charge on any atom is 0.293 e. The first-order chi connectivity index (χ1) is 14.4. The van der Waals surface area contributed by atoms with E-state index in [4.69, 9.17) is 11.6 Å². The highest BCUT2D eigenvalue weighted by Crippen LogP contribution is 2.41. The third kappa shape index (κ3) is 3.12. The molecule has 2 heterocycles. The summed E-state index contributed by atoms with van der Waals surface area (Å²) in [4.78, 5) is 13.4. The number of hydrogen-bond donors (Lipinski definition) is 0. The van der Waals surface area contributed by atoms with Gasteiger partial charge in [-0.15, -0.1) is 0 Å². The van der Waals surface area contributed by atoms with E-state index in [1.165, 1.54) is 16.3 Å². The lowest BCUT2D eigenvalue weighted by atomic mass is 10.1. The Morgan fingerprint density at radius 3 is 2.67 bits per heavy atom. The molecule has 5 nitrogen and oxygen atoms in total. The summed E-state index contributed by atoms with van der Waals surface area (Å²) in [5, 5.41) is 10.2. The van der Waals surface area contributed by atoms with Gasteiger partial charge in [0.25, 0.3) is 5.56 Å². The molecule has 0 atom stereocenters. The molecular formula is C23H20ClFN4O. The number of benzene rings is 2. The maximum atomic E-state index is 14.4. The van der Waals surface area contributed by atoms with Crippen molar-refractivity contribution in [3.05, 3.63) is 86.2 Å². The zero-order valence-corrected chi connectivity index (χ0v) is 17.4. The largest absolute Gasteiger partial charge is 0.293 e. The number of aromatic nitrogens is 4. The summed E-state index contributed by atoms with van der Waals surface area (Å²) >= 11 is 6.20. The van der Waals surface area contributed by atoms with Crippen molar-refractivity contribution >= 4 is 22.5 Å². The molecule has 1 saturated carbocycles. The highest BCUT2D eigenvalue weighted by Gasteiger charge is 2.30. The minimum Gasteiger partial charge on any atom is -0.265 e. The Balaban J connectivity index is 1.74. The van der Waals surface area contributed by atoms with Gasteiger partial charge in [0.05, 0.1) is 24.1 Å². The van der Waals surface area contributed by atoms with E-state index in [9.17, 15) is 9.18 Å². The van der Waals surface area contributed by atoms with Crippen molar-refractivity contribution in [1.82, 2.24) is 19.6 Å². The second-order valence-electron chi connectivity index (χ2n) is 7.91. The van der Waals surface area contributed by atoms with Crippen molar-refractivity contribution < 1.29 is 4.39 Å². The predicted octanol–water partition coefficient (Wildman–Crippen LogP) is 4.92. The Morgan fingerprint density at radius 1 is 1.17 bits per heavy atom. The van der Waals surface area contributed by atoms with Crippen LogP contribution in [0.15, 0.2) is 47.4 Å². The van der Waals surface area contributed by atoms with Gasteiger partial charge < -0.3 is 0 Å². The fourth-order valence-corrected chi connectivity index (χ4v) is 3.97. The van der Waals surface area contributed by atoms with Crippen LogP contribution in [0.4, 0.5) is 4.39 Å². The molecule has 4 aromatic rings. The SMILES string of the molecule is Cc1ccc(-n2ncc3c(C4CC4)nn(Cc4c(F)cccc4Cl)c(=O)c32)cc1C. The molecule has 2 aromatic carbocycles. The third-order valence-corrected chi connectivity index (χ3v) is 6.13. The lowest BCUT2D eigenvalue weighted by molar-refractivity contribution is 0.569. The van der Waals surface area contributed by atoms with Crippen LogP contribution >= 0.6 is 11.6 Å². The quantitative estimate of drug-likeness (QED) is 0.469. The van der Waals surface area contributed by atoms with Gasteiger partial charge in [-0.1, -0.05) is 23.7 Å². The molecular weight excluding hydrogens is 403 g/mol. The molecule has 0 spiro atoms. The van der Waals surface area contributed by atoms with Gasteiger partial charge in [0.1, 0.15) is 11.3 Å². The fraction of sp³-hybridized carbons (Fsp3) is 0.261. The molecule has 1 aliphatic rings. The minimum atomic E-state index is -0.452. The Hall–Kier alpha value is -2.99. The lowest BCUT2D eigenvalue weighted by Gasteiger charge is -2.12. The van der Waals surface area contributed by atoms with Gasteiger partial charge >= 0.3 is 0 Å². The smallest absolute Gasteiger partial charge is 0.265 e. The van der Waals surface area contributed by atoms with Crippen LogP contribution in [0.5, 0.6) is 0 Å². The van der Waals surface area contributed by atoms with E-state index in [1.54, 1.807) is 23.0 Å². The van der Waals surface area contributed by atoms with E-state index in [2.05, 4.69) is 10.2 Å². The molecule has 152 valence electrons. The van der Waals surface area contributed by atoms with Crippen LogP contribution < -0.4 is 5.56 Å². The van der Waals surface area contributed by atoms with Gasteiger partial charge in [-0.3, -0.25) is 4.79 Å². The monoisotopic (exact) mass is 422 g/mol. The van der Waals surface area contributed by atoms with Crippen molar-refractivity contribution in [2.24, 2.45) is 0 Å². The number of hydrogen-bond acceptors (Lipinski definition) is 3. The molecule has 1 aliphatic carbocycles. The Morgan fingerprint density at radius 2 is 1.97 bits per heavy atom.